The fraction of sp³-hybridized carbons (Fsp3) is 0.308. The van der Waals surface area contributed by atoms with E-state index in [1.165, 1.54) is 12.1 Å². The number of primary amides is 1. The maximum Gasteiger partial charge on any atom is 0.337 e. The van der Waals surface area contributed by atoms with E-state index in [-0.39, 0.29) is 11.3 Å². The first-order chi connectivity index (χ1) is 9.74. The van der Waals surface area contributed by atoms with Gasteiger partial charge in [0.25, 0.3) is 11.8 Å². The lowest BCUT2D eigenvalue weighted by atomic mass is 10.1. The van der Waals surface area contributed by atoms with Gasteiger partial charge in [-0.1, -0.05) is 12.1 Å². The number of carboxylic acid groups (broad SMARTS) is 1. The van der Waals surface area contributed by atoms with Gasteiger partial charge in [-0.25, -0.2) is 4.79 Å². The molecule has 21 heavy (non-hydrogen) atoms. The maximum atomic E-state index is 11.5. The summed E-state index contributed by atoms with van der Waals surface area (Å²) in [5.74, 6) is -2.65. The second kappa shape index (κ2) is 6.71. The predicted molar refractivity (Wildman–Crippen MR) is 71.7 cm³/mol. The molecular formula is C13H16N2O6. The highest BCUT2D eigenvalue weighted by Crippen LogP contribution is 2.16. The molecule has 1 unspecified atom stereocenters. The lowest BCUT2D eigenvalue weighted by Crippen LogP contribution is -2.47. The van der Waals surface area contributed by atoms with E-state index in [4.69, 9.17) is 15.6 Å². The van der Waals surface area contributed by atoms with Crippen LogP contribution in [0.3, 0.4) is 0 Å². The summed E-state index contributed by atoms with van der Waals surface area (Å²) >= 11 is 0. The van der Waals surface area contributed by atoms with E-state index in [9.17, 15) is 19.5 Å². The van der Waals surface area contributed by atoms with Crippen LogP contribution in [0.1, 0.15) is 17.3 Å². The summed E-state index contributed by atoms with van der Waals surface area (Å²) in [6.45, 7) is 0.140. The standard InChI is InChI=1S/C13H16N2O6/c1-13(20,12(18)19)7-15-10(16)6-21-9-5-3-2-4-8(9)11(14)17/h2-5,20H,6-7H2,1H3,(H2,14,17)(H,15,16)(H,18,19). The van der Waals surface area contributed by atoms with Gasteiger partial charge in [-0.3, -0.25) is 9.59 Å². The number of carbonyl (C=O) groups excluding carboxylic acids is 2. The van der Waals surface area contributed by atoms with Gasteiger partial charge >= 0.3 is 5.97 Å². The Morgan fingerprint density at radius 1 is 1.33 bits per heavy atom. The van der Waals surface area contributed by atoms with Crippen LogP contribution in [0.4, 0.5) is 0 Å². The minimum Gasteiger partial charge on any atom is -0.483 e. The first-order valence-electron chi connectivity index (χ1n) is 5.98. The smallest absolute Gasteiger partial charge is 0.337 e. The molecule has 0 aliphatic heterocycles. The molecule has 0 radical (unpaired) electrons. The van der Waals surface area contributed by atoms with Crippen molar-refractivity contribution >= 4 is 17.8 Å². The number of aliphatic hydroxyl groups is 1. The van der Waals surface area contributed by atoms with Crippen molar-refractivity contribution in [3.63, 3.8) is 0 Å². The van der Waals surface area contributed by atoms with Crippen molar-refractivity contribution in [3.8, 4) is 5.75 Å². The lowest BCUT2D eigenvalue weighted by molar-refractivity contribution is -0.156. The molecule has 2 amide bonds. The summed E-state index contributed by atoms with van der Waals surface area (Å²) in [5, 5.41) is 20.3. The van der Waals surface area contributed by atoms with Crippen molar-refractivity contribution in [1.82, 2.24) is 5.32 Å². The van der Waals surface area contributed by atoms with Crippen molar-refractivity contribution in [1.29, 1.82) is 0 Å². The number of carboxylic acids is 1. The summed E-state index contributed by atoms with van der Waals surface area (Å²) in [6, 6.07) is 6.12. The first-order valence-corrected chi connectivity index (χ1v) is 5.98. The number of hydrogen-bond acceptors (Lipinski definition) is 5. The van der Waals surface area contributed by atoms with Crippen LogP contribution in [0, 0.1) is 0 Å². The molecule has 0 spiro atoms. The minimum atomic E-state index is -2.07. The summed E-state index contributed by atoms with van der Waals surface area (Å²) < 4.78 is 5.14. The van der Waals surface area contributed by atoms with Crippen LogP contribution >= 0.6 is 0 Å². The Morgan fingerprint density at radius 2 is 1.95 bits per heavy atom. The average Bonchev–Trinajstić information content (AvgIpc) is 2.43. The van der Waals surface area contributed by atoms with E-state index in [0.717, 1.165) is 6.92 Å². The summed E-state index contributed by atoms with van der Waals surface area (Å²) in [7, 11) is 0. The Kier molecular flexibility index (Phi) is 5.25. The molecule has 5 N–H and O–H groups in total. The number of amides is 2. The topological polar surface area (TPSA) is 139 Å². The van der Waals surface area contributed by atoms with Crippen LogP contribution in [-0.2, 0) is 9.59 Å². The second-order valence-electron chi connectivity index (χ2n) is 4.50. The van der Waals surface area contributed by atoms with Crippen LogP contribution in [0.25, 0.3) is 0 Å². The zero-order valence-electron chi connectivity index (χ0n) is 11.3. The summed E-state index contributed by atoms with van der Waals surface area (Å²) in [5.41, 5.74) is 3.21. The summed E-state index contributed by atoms with van der Waals surface area (Å²) in [6.07, 6.45) is 0. The molecule has 1 rings (SSSR count). The van der Waals surface area contributed by atoms with Gasteiger partial charge in [-0.05, 0) is 19.1 Å². The molecule has 114 valence electrons. The number of nitrogens with two attached hydrogens (primary N) is 1. The first kappa shape index (κ1) is 16.4. The highest BCUT2D eigenvalue weighted by atomic mass is 16.5. The number of aliphatic carboxylic acids is 1. The van der Waals surface area contributed by atoms with E-state index in [0.29, 0.717) is 0 Å². The number of nitrogens with one attached hydrogen (secondary N) is 1. The van der Waals surface area contributed by atoms with Crippen LogP contribution < -0.4 is 15.8 Å². The highest BCUT2D eigenvalue weighted by Gasteiger charge is 2.30. The van der Waals surface area contributed by atoms with Crippen molar-refractivity contribution in [2.24, 2.45) is 5.73 Å². The molecule has 1 aromatic carbocycles. The third-order valence-electron chi connectivity index (χ3n) is 2.60. The molecule has 0 aromatic heterocycles. The molecule has 8 heteroatoms. The van der Waals surface area contributed by atoms with E-state index in [1.54, 1.807) is 12.1 Å². The SMILES string of the molecule is CC(O)(CNC(=O)COc1ccccc1C(N)=O)C(=O)O. The number of ether oxygens (including phenoxy) is 1. The van der Waals surface area contributed by atoms with Gasteiger partial charge in [0, 0.05) is 0 Å². The third-order valence-corrected chi connectivity index (χ3v) is 2.60. The van der Waals surface area contributed by atoms with Crippen molar-refractivity contribution < 1.29 is 29.3 Å². The van der Waals surface area contributed by atoms with Crippen LogP contribution in [0.15, 0.2) is 24.3 Å². The third kappa shape index (κ3) is 4.77. The number of para-hydroxylation sites is 1. The normalized spacial score (nSPS) is 13.0. The fourth-order valence-corrected chi connectivity index (χ4v) is 1.34. The van der Waals surface area contributed by atoms with Crippen molar-refractivity contribution in [2.45, 2.75) is 12.5 Å². The number of hydrogen-bond donors (Lipinski definition) is 4. The van der Waals surface area contributed by atoms with E-state index >= 15 is 0 Å². The number of carbonyl (C=O) groups is 3. The van der Waals surface area contributed by atoms with Gasteiger partial charge in [-0.15, -0.1) is 0 Å². The van der Waals surface area contributed by atoms with Crippen molar-refractivity contribution in [3.05, 3.63) is 29.8 Å². The van der Waals surface area contributed by atoms with E-state index < -0.39 is 36.5 Å². The number of rotatable bonds is 7. The molecule has 0 aliphatic carbocycles. The monoisotopic (exact) mass is 296 g/mol. The Labute approximate surface area is 120 Å². The second-order valence-corrected chi connectivity index (χ2v) is 4.50. The molecule has 0 heterocycles. The molecule has 0 fully saturated rings. The van der Waals surface area contributed by atoms with Gasteiger partial charge < -0.3 is 26.0 Å². The van der Waals surface area contributed by atoms with E-state index in [2.05, 4.69) is 5.32 Å². The van der Waals surface area contributed by atoms with Crippen LogP contribution in [-0.4, -0.2) is 46.7 Å². The Balaban J connectivity index is 2.55. The molecule has 0 saturated carbocycles. The molecular weight excluding hydrogens is 280 g/mol. The molecule has 0 saturated heterocycles. The minimum absolute atomic E-state index is 0.128. The quantitative estimate of drug-likeness (QED) is 0.515. The van der Waals surface area contributed by atoms with E-state index in [1.807, 2.05) is 0 Å². The van der Waals surface area contributed by atoms with Gasteiger partial charge in [0.05, 0.1) is 12.1 Å². The Bertz CT molecular complexity index is 555. The lowest BCUT2D eigenvalue weighted by Gasteiger charge is -2.18. The van der Waals surface area contributed by atoms with Crippen molar-refractivity contribution in [2.75, 3.05) is 13.2 Å². The van der Waals surface area contributed by atoms with Gasteiger partial charge in [0.1, 0.15) is 5.75 Å². The molecule has 8 nitrogen and oxygen atoms in total. The molecule has 0 aliphatic rings. The molecule has 0 bridgehead atoms. The largest absolute Gasteiger partial charge is 0.483 e. The Morgan fingerprint density at radius 3 is 2.52 bits per heavy atom. The van der Waals surface area contributed by atoms with Crippen LogP contribution in [0.5, 0.6) is 5.75 Å². The average molecular weight is 296 g/mol. The zero-order valence-corrected chi connectivity index (χ0v) is 11.3. The zero-order chi connectivity index (χ0) is 16.0. The highest BCUT2D eigenvalue weighted by molar-refractivity contribution is 5.95. The fourth-order valence-electron chi connectivity index (χ4n) is 1.34. The number of benzene rings is 1. The summed E-state index contributed by atoms with van der Waals surface area (Å²) in [4.78, 5) is 33.3. The maximum absolute atomic E-state index is 11.5. The Hall–Kier alpha value is -2.61. The van der Waals surface area contributed by atoms with Gasteiger partial charge in [0.2, 0.25) is 0 Å². The predicted octanol–water partition coefficient (Wildman–Crippen LogP) is -0.884. The van der Waals surface area contributed by atoms with Gasteiger partial charge in [0.15, 0.2) is 12.2 Å². The molecule has 1 atom stereocenters. The van der Waals surface area contributed by atoms with Gasteiger partial charge in [-0.2, -0.15) is 0 Å². The van der Waals surface area contributed by atoms with Crippen LogP contribution in [0.2, 0.25) is 0 Å². The molecule has 1 aromatic rings.